The molecule has 0 aliphatic carbocycles. The Morgan fingerprint density at radius 2 is 1.86 bits per heavy atom. The number of benzene rings is 1. The fraction of sp³-hybridized carbons (Fsp3) is 0.409. The minimum atomic E-state index is 0.329. The van der Waals surface area contributed by atoms with Crippen molar-refractivity contribution in [2.75, 3.05) is 31.1 Å². The smallest absolute Gasteiger partial charge is 0.226 e. The summed E-state index contributed by atoms with van der Waals surface area (Å²) in [5.74, 6) is 2.89. The Morgan fingerprint density at radius 1 is 1.07 bits per heavy atom. The second kappa shape index (κ2) is 8.51. The van der Waals surface area contributed by atoms with E-state index in [2.05, 4.69) is 39.7 Å². The molecule has 0 unspecified atom stereocenters. The van der Waals surface area contributed by atoms with Gasteiger partial charge in [-0.25, -0.2) is 15.0 Å². The van der Waals surface area contributed by atoms with Gasteiger partial charge < -0.3 is 9.32 Å². The third kappa shape index (κ3) is 4.77. The molecular weight excluding hydrogens is 386 g/mol. The lowest BCUT2D eigenvalue weighted by molar-refractivity contribution is 0.246. The first-order valence-corrected chi connectivity index (χ1v) is 10.4. The highest BCUT2D eigenvalue weighted by atomic mass is 35.5. The fourth-order valence-corrected chi connectivity index (χ4v) is 3.68. The van der Waals surface area contributed by atoms with Crippen LogP contribution in [0.15, 0.2) is 41.0 Å². The van der Waals surface area contributed by atoms with E-state index in [1.54, 1.807) is 6.26 Å². The van der Waals surface area contributed by atoms with Crippen molar-refractivity contribution in [1.82, 2.24) is 19.9 Å². The van der Waals surface area contributed by atoms with Crippen molar-refractivity contribution in [2.45, 2.75) is 33.2 Å². The van der Waals surface area contributed by atoms with Crippen molar-refractivity contribution in [3.8, 4) is 11.5 Å². The van der Waals surface area contributed by atoms with E-state index in [4.69, 9.17) is 21.0 Å². The molecule has 0 atom stereocenters. The average Bonchev–Trinajstić information content (AvgIpc) is 3.16. The lowest BCUT2D eigenvalue weighted by Gasteiger charge is -2.35. The molecule has 29 heavy (non-hydrogen) atoms. The Balaban J connectivity index is 1.37. The van der Waals surface area contributed by atoms with Gasteiger partial charge in [-0.2, -0.15) is 0 Å². The van der Waals surface area contributed by atoms with Crippen LogP contribution in [0.1, 0.15) is 37.0 Å². The second-order valence-corrected chi connectivity index (χ2v) is 8.23. The van der Waals surface area contributed by atoms with E-state index >= 15 is 0 Å². The molecule has 1 aliphatic rings. The second-order valence-electron chi connectivity index (χ2n) is 7.80. The molecule has 0 amide bonds. The number of nitrogens with zero attached hydrogens (tertiary/aromatic N) is 5. The zero-order valence-corrected chi connectivity index (χ0v) is 17.9. The van der Waals surface area contributed by atoms with Gasteiger partial charge in [0.15, 0.2) is 0 Å². The number of hydrogen-bond donors (Lipinski definition) is 0. The van der Waals surface area contributed by atoms with Crippen molar-refractivity contribution in [1.29, 1.82) is 0 Å². The van der Waals surface area contributed by atoms with Gasteiger partial charge in [0.1, 0.15) is 17.9 Å². The van der Waals surface area contributed by atoms with Crippen LogP contribution in [0.2, 0.25) is 5.02 Å². The van der Waals surface area contributed by atoms with Crippen molar-refractivity contribution < 1.29 is 4.42 Å². The number of oxazole rings is 1. The van der Waals surface area contributed by atoms with Gasteiger partial charge >= 0.3 is 0 Å². The molecule has 3 heterocycles. The highest BCUT2D eigenvalue weighted by Gasteiger charge is 2.20. The number of aryl methyl sites for hydroxylation is 1. The Labute approximate surface area is 176 Å². The van der Waals surface area contributed by atoms with Crippen LogP contribution in [0.4, 0.5) is 5.82 Å². The van der Waals surface area contributed by atoms with Crippen molar-refractivity contribution >= 4 is 17.4 Å². The van der Waals surface area contributed by atoms with E-state index < -0.39 is 0 Å². The first kappa shape index (κ1) is 19.9. The molecule has 1 aliphatic heterocycles. The molecule has 3 aromatic rings. The number of piperazine rings is 1. The lowest BCUT2D eigenvalue weighted by atomic mass is 10.2. The molecule has 0 saturated carbocycles. The first-order valence-electron chi connectivity index (χ1n) is 10.0. The van der Waals surface area contributed by atoms with Crippen LogP contribution in [0.25, 0.3) is 11.5 Å². The van der Waals surface area contributed by atoms with E-state index in [0.29, 0.717) is 16.8 Å². The van der Waals surface area contributed by atoms with Crippen LogP contribution in [0.5, 0.6) is 0 Å². The van der Waals surface area contributed by atoms with E-state index in [0.717, 1.165) is 61.3 Å². The van der Waals surface area contributed by atoms with Crippen LogP contribution < -0.4 is 4.90 Å². The van der Waals surface area contributed by atoms with Crippen molar-refractivity contribution in [3.63, 3.8) is 0 Å². The van der Waals surface area contributed by atoms with E-state index in [1.807, 2.05) is 31.2 Å². The molecule has 0 bridgehead atoms. The van der Waals surface area contributed by atoms with E-state index in [-0.39, 0.29) is 0 Å². The topological polar surface area (TPSA) is 58.3 Å². The van der Waals surface area contributed by atoms with Crippen LogP contribution >= 0.6 is 11.6 Å². The average molecular weight is 412 g/mol. The summed E-state index contributed by atoms with van der Waals surface area (Å²) in [6.45, 7) is 10.9. The highest BCUT2D eigenvalue weighted by molar-refractivity contribution is 6.30. The summed E-state index contributed by atoms with van der Waals surface area (Å²) in [6.07, 6.45) is 1.74. The predicted octanol–water partition coefficient (Wildman–Crippen LogP) is 4.54. The largest absolute Gasteiger partial charge is 0.444 e. The molecule has 6 nitrogen and oxygen atoms in total. The van der Waals surface area contributed by atoms with Crippen LogP contribution in [0.3, 0.4) is 0 Å². The van der Waals surface area contributed by atoms with Gasteiger partial charge in [0, 0.05) is 61.0 Å². The molecule has 1 fully saturated rings. The molecular formula is C22H26ClN5O. The lowest BCUT2D eigenvalue weighted by Crippen LogP contribution is -2.46. The molecule has 2 aromatic heterocycles. The minimum Gasteiger partial charge on any atom is -0.444 e. The molecule has 0 radical (unpaired) electrons. The van der Waals surface area contributed by atoms with Gasteiger partial charge in [-0.3, -0.25) is 4.90 Å². The molecule has 0 spiro atoms. The Hall–Kier alpha value is -2.44. The van der Waals surface area contributed by atoms with E-state index in [9.17, 15) is 0 Å². The quantitative estimate of drug-likeness (QED) is 0.614. The Morgan fingerprint density at radius 3 is 2.59 bits per heavy atom. The van der Waals surface area contributed by atoms with Gasteiger partial charge in [-0.05, 0) is 25.1 Å². The minimum absolute atomic E-state index is 0.329. The van der Waals surface area contributed by atoms with Gasteiger partial charge in [-0.15, -0.1) is 0 Å². The zero-order valence-electron chi connectivity index (χ0n) is 17.1. The van der Waals surface area contributed by atoms with Gasteiger partial charge in [0.2, 0.25) is 5.89 Å². The Bertz CT molecular complexity index is 979. The summed E-state index contributed by atoms with van der Waals surface area (Å²) in [4.78, 5) is 18.7. The summed E-state index contributed by atoms with van der Waals surface area (Å²) < 4.78 is 5.66. The maximum atomic E-state index is 6.07. The molecule has 1 saturated heterocycles. The number of rotatable bonds is 5. The number of halogens is 1. The normalized spacial score (nSPS) is 15.3. The predicted molar refractivity (Wildman–Crippen MR) is 115 cm³/mol. The van der Waals surface area contributed by atoms with Gasteiger partial charge in [0.05, 0.1) is 5.69 Å². The number of anilines is 1. The third-order valence-electron chi connectivity index (χ3n) is 5.08. The Kier molecular flexibility index (Phi) is 5.83. The fourth-order valence-electron chi connectivity index (χ4n) is 3.49. The number of aromatic nitrogens is 3. The summed E-state index contributed by atoms with van der Waals surface area (Å²) in [7, 11) is 0. The summed E-state index contributed by atoms with van der Waals surface area (Å²) >= 11 is 6.07. The highest BCUT2D eigenvalue weighted by Crippen LogP contribution is 2.23. The number of hydrogen-bond acceptors (Lipinski definition) is 6. The standard InChI is InChI=1S/C22H26ClN5O/c1-15(2)21-24-16(3)11-20(26-21)28-9-7-27(8-10-28)13-19-14-29-22(25-19)17-5-4-6-18(23)12-17/h4-6,11-12,14-15H,7-10,13H2,1-3H3. The summed E-state index contributed by atoms with van der Waals surface area (Å²) in [5, 5.41) is 0.680. The SMILES string of the molecule is Cc1cc(N2CCN(Cc3coc(-c4cccc(Cl)c4)n3)CC2)nc(C(C)C)n1. The molecule has 1 aromatic carbocycles. The third-order valence-corrected chi connectivity index (χ3v) is 5.31. The maximum Gasteiger partial charge on any atom is 0.226 e. The molecule has 0 N–H and O–H groups in total. The first-order chi connectivity index (χ1) is 14.0. The van der Waals surface area contributed by atoms with Crippen LogP contribution in [-0.2, 0) is 6.54 Å². The zero-order chi connectivity index (χ0) is 20.4. The summed E-state index contributed by atoms with van der Waals surface area (Å²) in [5.41, 5.74) is 2.86. The van der Waals surface area contributed by atoms with Crippen LogP contribution in [0, 0.1) is 6.92 Å². The maximum absolute atomic E-state index is 6.07. The molecule has 7 heteroatoms. The van der Waals surface area contributed by atoms with E-state index in [1.165, 1.54) is 0 Å². The van der Waals surface area contributed by atoms with Gasteiger partial charge in [0.25, 0.3) is 0 Å². The van der Waals surface area contributed by atoms with Crippen molar-refractivity contribution in [3.05, 3.63) is 58.8 Å². The van der Waals surface area contributed by atoms with Crippen molar-refractivity contribution in [2.24, 2.45) is 0 Å². The monoisotopic (exact) mass is 411 g/mol. The molecule has 4 rings (SSSR count). The molecule has 152 valence electrons. The summed E-state index contributed by atoms with van der Waals surface area (Å²) in [6, 6.07) is 9.65. The van der Waals surface area contributed by atoms with Crippen LogP contribution in [-0.4, -0.2) is 46.0 Å². The van der Waals surface area contributed by atoms with Gasteiger partial charge in [-0.1, -0.05) is 31.5 Å².